The van der Waals surface area contributed by atoms with Crippen molar-refractivity contribution < 1.29 is 0 Å². The molecule has 3 fully saturated rings. The van der Waals surface area contributed by atoms with Gasteiger partial charge in [-0.2, -0.15) is 10.2 Å². The van der Waals surface area contributed by atoms with Crippen molar-refractivity contribution in [2.45, 2.75) is 63.5 Å². The second-order valence-electron chi connectivity index (χ2n) is 8.36. The third-order valence-electron chi connectivity index (χ3n) is 6.15. The third kappa shape index (κ3) is 3.47. The van der Waals surface area contributed by atoms with E-state index in [9.17, 15) is 4.79 Å². The molecule has 0 atom stereocenters. The molecule has 0 bridgehead atoms. The lowest BCUT2D eigenvalue weighted by atomic mass is 9.96. The van der Waals surface area contributed by atoms with Crippen molar-refractivity contribution in [3.8, 4) is 0 Å². The fourth-order valence-corrected chi connectivity index (χ4v) is 4.18. The summed E-state index contributed by atoms with van der Waals surface area (Å²) >= 11 is 0. The monoisotopic (exact) mass is 353 g/mol. The van der Waals surface area contributed by atoms with Crippen LogP contribution in [-0.2, 0) is 13.1 Å². The zero-order valence-electron chi connectivity index (χ0n) is 15.2. The minimum Gasteiger partial charge on any atom is -0.299 e. The van der Waals surface area contributed by atoms with Gasteiger partial charge in [0.25, 0.3) is 5.56 Å². The first-order chi connectivity index (χ1) is 12.8. The second kappa shape index (κ2) is 6.65. The number of likely N-dealkylation sites (tertiary alicyclic amines) is 1. The Bertz CT molecular complexity index is 825. The van der Waals surface area contributed by atoms with Gasteiger partial charge in [0.05, 0.1) is 11.9 Å². The van der Waals surface area contributed by atoms with Crippen LogP contribution in [0.3, 0.4) is 0 Å². The summed E-state index contributed by atoms with van der Waals surface area (Å²) in [6.07, 6.45) is 9.34. The molecule has 0 aromatic carbocycles. The molecule has 26 heavy (non-hydrogen) atoms. The first-order valence-electron chi connectivity index (χ1n) is 10.1. The van der Waals surface area contributed by atoms with Crippen molar-refractivity contribution in [2.24, 2.45) is 5.92 Å². The van der Waals surface area contributed by atoms with E-state index in [0.29, 0.717) is 11.8 Å². The topological polar surface area (TPSA) is 66.8 Å². The lowest BCUT2D eigenvalue weighted by Gasteiger charge is -2.32. The fourth-order valence-electron chi connectivity index (χ4n) is 4.18. The Morgan fingerprint density at radius 1 is 1.04 bits per heavy atom. The van der Waals surface area contributed by atoms with E-state index in [-0.39, 0.29) is 5.56 Å². The first-order valence-corrected chi connectivity index (χ1v) is 10.1. The maximum absolute atomic E-state index is 12.2. The van der Waals surface area contributed by atoms with Crippen molar-refractivity contribution >= 4 is 0 Å². The van der Waals surface area contributed by atoms with Crippen molar-refractivity contribution in [1.82, 2.24) is 24.9 Å². The quantitative estimate of drug-likeness (QED) is 0.867. The molecule has 3 heterocycles. The molecule has 1 aliphatic heterocycles. The molecule has 5 rings (SSSR count). The Hall–Kier alpha value is -1.95. The highest BCUT2D eigenvalue weighted by atomic mass is 16.1. The molecule has 6 heteroatoms. The number of hydrogen-bond donors (Lipinski definition) is 1. The van der Waals surface area contributed by atoms with Gasteiger partial charge in [-0.05, 0) is 63.6 Å². The van der Waals surface area contributed by atoms with E-state index in [0.717, 1.165) is 50.6 Å². The van der Waals surface area contributed by atoms with Crippen molar-refractivity contribution in [1.29, 1.82) is 0 Å². The van der Waals surface area contributed by atoms with Crippen LogP contribution < -0.4 is 5.56 Å². The Morgan fingerprint density at radius 2 is 1.81 bits per heavy atom. The summed E-state index contributed by atoms with van der Waals surface area (Å²) in [5.41, 5.74) is 3.89. The summed E-state index contributed by atoms with van der Waals surface area (Å²) in [5, 5.41) is 12.1. The predicted octanol–water partition coefficient (Wildman–Crippen LogP) is 2.63. The van der Waals surface area contributed by atoms with Crippen molar-refractivity contribution in [2.75, 3.05) is 13.1 Å². The minimum absolute atomic E-state index is 0.0456. The number of aromatic amines is 1. The Kier molecular flexibility index (Phi) is 4.15. The molecular weight excluding hydrogens is 326 g/mol. The van der Waals surface area contributed by atoms with Gasteiger partial charge < -0.3 is 0 Å². The lowest BCUT2D eigenvalue weighted by Crippen LogP contribution is -2.36. The number of hydrogen-bond acceptors (Lipinski definition) is 4. The van der Waals surface area contributed by atoms with Crippen LogP contribution in [0.25, 0.3) is 0 Å². The SMILES string of the molecule is O=c1ccc(C2CC2)nn1CC1CCN(Cc2cn[nH]c2C2CC2)CC1. The lowest BCUT2D eigenvalue weighted by molar-refractivity contribution is 0.163. The molecule has 2 aliphatic carbocycles. The molecule has 0 spiro atoms. The second-order valence-corrected chi connectivity index (χ2v) is 8.36. The number of nitrogens with zero attached hydrogens (tertiary/aromatic N) is 4. The van der Waals surface area contributed by atoms with Crippen LogP contribution in [0.2, 0.25) is 0 Å². The van der Waals surface area contributed by atoms with E-state index in [1.54, 1.807) is 10.7 Å². The zero-order valence-corrected chi connectivity index (χ0v) is 15.2. The molecule has 1 N–H and O–H groups in total. The van der Waals surface area contributed by atoms with Crippen LogP contribution in [0.4, 0.5) is 0 Å². The van der Waals surface area contributed by atoms with Gasteiger partial charge >= 0.3 is 0 Å². The number of aromatic nitrogens is 4. The van der Waals surface area contributed by atoms with Crippen molar-refractivity contribution in [3.05, 3.63) is 45.6 Å². The van der Waals surface area contributed by atoms with Crippen molar-refractivity contribution in [3.63, 3.8) is 0 Å². The molecular formula is C20H27N5O. The summed E-state index contributed by atoms with van der Waals surface area (Å²) in [4.78, 5) is 14.7. The van der Waals surface area contributed by atoms with Crippen LogP contribution in [-0.4, -0.2) is 38.0 Å². The molecule has 0 radical (unpaired) electrons. The maximum Gasteiger partial charge on any atom is 0.266 e. The standard InChI is InChI=1S/C20H27N5O/c26-19-6-5-18(15-1-2-15)23-25(19)12-14-7-9-24(10-8-14)13-17-11-21-22-20(17)16-3-4-16/h5-6,11,14-16H,1-4,7-10,12-13H2,(H,21,22). The van der Waals surface area contributed by atoms with Gasteiger partial charge in [-0.3, -0.25) is 14.8 Å². The van der Waals surface area contributed by atoms with E-state index in [1.807, 2.05) is 12.3 Å². The number of nitrogens with one attached hydrogen (secondary N) is 1. The van der Waals surface area contributed by atoms with E-state index in [2.05, 4.69) is 20.2 Å². The van der Waals surface area contributed by atoms with E-state index < -0.39 is 0 Å². The minimum atomic E-state index is 0.0456. The normalized spacial score (nSPS) is 22.0. The average Bonchev–Trinajstić information content (AvgIpc) is 3.58. The number of rotatable bonds is 6. The molecule has 2 saturated carbocycles. The van der Waals surface area contributed by atoms with Gasteiger partial charge in [-0.15, -0.1) is 0 Å². The third-order valence-corrected chi connectivity index (χ3v) is 6.15. The van der Waals surface area contributed by atoms with E-state index >= 15 is 0 Å². The Morgan fingerprint density at radius 3 is 2.54 bits per heavy atom. The highest BCUT2D eigenvalue weighted by Crippen LogP contribution is 2.41. The van der Waals surface area contributed by atoms with Gasteiger partial charge in [0, 0.05) is 42.2 Å². The molecule has 138 valence electrons. The summed E-state index contributed by atoms with van der Waals surface area (Å²) in [5.74, 6) is 1.87. The highest BCUT2D eigenvalue weighted by molar-refractivity contribution is 5.24. The molecule has 6 nitrogen and oxygen atoms in total. The Balaban J connectivity index is 1.18. The van der Waals surface area contributed by atoms with Gasteiger partial charge in [0.1, 0.15) is 0 Å². The first kappa shape index (κ1) is 16.2. The smallest absolute Gasteiger partial charge is 0.266 e. The average molecular weight is 353 g/mol. The number of piperidine rings is 1. The van der Waals surface area contributed by atoms with Gasteiger partial charge in [0.15, 0.2) is 0 Å². The highest BCUT2D eigenvalue weighted by Gasteiger charge is 2.29. The van der Waals surface area contributed by atoms with Crippen LogP contribution in [0, 0.1) is 5.92 Å². The summed E-state index contributed by atoms with van der Waals surface area (Å²) in [6.45, 7) is 3.96. The molecule has 3 aliphatic rings. The van der Waals surface area contributed by atoms with Crippen LogP contribution in [0.5, 0.6) is 0 Å². The molecule has 1 saturated heterocycles. The van der Waals surface area contributed by atoms with Gasteiger partial charge in [0.2, 0.25) is 0 Å². The number of H-pyrrole nitrogens is 1. The molecule has 2 aromatic rings. The van der Waals surface area contributed by atoms with Crippen LogP contribution in [0.15, 0.2) is 23.1 Å². The van der Waals surface area contributed by atoms with E-state index in [4.69, 9.17) is 0 Å². The predicted molar refractivity (Wildman–Crippen MR) is 99.0 cm³/mol. The molecule has 0 unspecified atom stereocenters. The van der Waals surface area contributed by atoms with E-state index in [1.165, 1.54) is 36.9 Å². The van der Waals surface area contributed by atoms with Gasteiger partial charge in [-0.25, -0.2) is 4.68 Å². The summed E-state index contributed by atoms with van der Waals surface area (Å²) < 4.78 is 1.72. The maximum atomic E-state index is 12.2. The summed E-state index contributed by atoms with van der Waals surface area (Å²) in [7, 11) is 0. The van der Waals surface area contributed by atoms with Crippen LogP contribution >= 0.6 is 0 Å². The zero-order chi connectivity index (χ0) is 17.5. The summed E-state index contributed by atoms with van der Waals surface area (Å²) in [6, 6.07) is 3.62. The molecule has 2 aromatic heterocycles. The Labute approximate surface area is 153 Å². The van der Waals surface area contributed by atoms with Gasteiger partial charge in [-0.1, -0.05) is 0 Å². The van der Waals surface area contributed by atoms with Crippen LogP contribution in [0.1, 0.15) is 67.3 Å². The molecule has 0 amide bonds. The fraction of sp³-hybridized carbons (Fsp3) is 0.650. The largest absolute Gasteiger partial charge is 0.299 e.